The number of amides is 2. The van der Waals surface area contributed by atoms with Crippen molar-refractivity contribution in [2.45, 2.75) is 23.9 Å². The van der Waals surface area contributed by atoms with Gasteiger partial charge in [0.05, 0.1) is 5.56 Å². The van der Waals surface area contributed by atoms with Gasteiger partial charge in [0, 0.05) is 18.7 Å². The largest absolute Gasteiger partial charge is 0.465 e. The zero-order valence-electron chi connectivity index (χ0n) is 12.0. The zero-order chi connectivity index (χ0) is 16.5. The number of carbonyl (C=O) groups excluding carboxylic acids is 2. The van der Waals surface area contributed by atoms with Crippen LogP contribution < -0.4 is 10.1 Å². The van der Waals surface area contributed by atoms with Gasteiger partial charge >= 0.3 is 0 Å². The quantitative estimate of drug-likeness (QED) is 0.838. The van der Waals surface area contributed by atoms with Gasteiger partial charge in [0.1, 0.15) is 5.75 Å². The minimum Gasteiger partial charge on any atom is -0.465 e. The number of nitrogens with one attached hydrogen (secondary N) is 1. The molecule has 0 spiro atoms. The number of nitrogens with zero attached hydrogens (tertiary/aromatic N) is 1. The van der Waals surface area contributed by atoms with Crippen molar-refractivity contribution in [1.82, 2.24) is 10.2 Å². The summed E-state index contributed by atoms with van der Waals surface area (Å²) in [6, 6.07) is 4.61. The molecular formula is C14H15Cl3N2O3. The lowest BCUT2D eigenvalue weighted by atomic mass is 10.1. The number of hydrogen-bond donors (Lipinski definition) is 1. The number of alkyl halides is 3. The molecule has 120 valence electrons. The lowest BCUT2D eigenvalue weighted by molar-refractivity contribution is 0.0761. The molecule has 0 fully saturated rings. The SMILES string of the molecule is CCN(CC)C(=O)c1ccc2c(c1)C(=O)NC(C(Cl)(Cl)Cl)O2. The molecule has 5 nitrogen and oxygen atoms in total. The molecule has 1 aromatic carbocycles. The summed E-state index contributed by atoms with van der Waals surface area (Å²) in [5.74, 6) is -0.327. The van der Waals surface area contributed by atoms with Crippen LogP contribution in [0.15, 0.2) is 18.2 Å². The third-order valence-electron chi connectivity index (χ3n) is 3.33. The smallest absolute Gasteiger partial charge is 0.257 e. The van der Waals surface area contributed by atoms with Gasteiger partial charge in [-0.1, -0.05) is 34.8 Å². The summed E-state index contributed by atoms with van der Waals surface area (Å²) in [5.41, 5.74) is 0.650. The molecule has 0 saturated carbocycles. The number of hydrogen-bond acceptors (Lipinski definition) is 3. The van der Waals surface area contributed by atoms with E-state index in [1.807, 2.05) is 13.8 Å². The summed E-state index contributed by atoms with van der Waals surface area (Å²) < 4.78 is 3.67. The van der Waals surface area contributed by atoms with E-state index >= 15 is 0 Å². The maximum Gasteiger partial charge on any atom is 0.257 e. The predicted molar refractivity (Wildman–Crippen MR) is 85.9 cm³/mol. The van der Waals surface area contributed by atoms with Crippen LogP contribution in [0.3, 0.4) is 0 Å². The Hall–Kier alpha value is -1.17. The number of rotatable bonds is 3. The number of carbonyl (C=O) groups is 2. The minimum atomic E-state index is -1.79. The van der Waals surface area contributed by atoms with Crippen molar-refractivity contribution in [3.8, 4) is 5.75 Å². The molecule has 1 unspecified atom stereocenters. The molecule has 1 aromatic rings. The van der Waals surface area contributed by atoms with E-state index in [1.165, 1.54) is 12.1 Å². The first-order chi connectivity index (χ1) is 10.3. The van der Waals surface area contributed by atoms with E-state index in [4.69, 9.17) is 39.5 Å². The Morgan fingerprint density at radius 3 is 2.50 bits per heavy atom. The molecule has 22 heavy (non-hydrogen) atoms. The number of halogens is 3. The number of ether oxygens (including phenoxy) is 1. The van der Waals surface area contributed by atoms with E-state index in [9.17, 15) is 9.59 Å². The molecule has 1 heterocycles. The summed E-state index contributed by atoms with van der Waals surface area (Å²) in [6.07, 6.45) is -1.08. The number of benzene rings is 1. The summed E-state index contributed by atoms with van der Waals surface area (Å²) in [5, 5.41) is 2.45. The lowest BCUT2D eigenvalue weighted by Gasteiger charge is -2.31. The molecule has 1 aliphatic heterocycles. The normalized spacial score (nSPS) is 17.3. The molecule has 0 aliphatic carbocycles. The van der Waals surface area contributed by atoms with Gasteiger partial charge in [-0.3, -0.25) is 9.59 Å². The van der Waals surface area contributed by atoms with E-state index in [-0.39, 0.29) is 17.2 Å². The van der Waals surface area contributed by atoms with Crippen LogP contribution in [0, 0.1) is 0 Å². The van der Waals surface area contributed by atoms with Gasteiger partial charge in [-0.2, -0.15) is 0 Å². The van der Waals surface area contributed by atoms with Crippen LogP contribution in [-0.4, -0.2) is 39.8 Å². The van der Waals surface area contributed by atoms with E-state index in [0.717, 1.165) is 0 Å². The Balaban J connectivity index is 2.32. The molecule has 8 heteroatoms. The van der Waals surface area contributed by atoms with Crippen molar-refractivity contribution in [2.75, 3.05) is 13.1 Å². The van der Waals surface area contributed by atoms with Crippen molar-refractivity contribution in [3.05, 3.63) is 29.3 Å². The van der Waals surface area contributed by atoms with Gasteiger partial charge in [0.25, 0.3) is 11.8 Å². The monoisotopic (exact) mass is 364 g/mol. The molecule has 0 radical (unpaired) electrons. The van der Waals surface area contributed by atoms with Crippen LogP contribution in [0.1, 0.15) is 34.6 Å². The third-order valence-corrected chi connectivity index (χ3v) is 3.92. The van der Waals surface area contributed by atoms with Gasteiger partial charge in [-0.25, -0.2) is 0 Å². The summed E-state index contributed by atoms with van der Waals surface area (Å²) >= 11 is 17.2. The maximum absolute atomic E-state index is 12.3. The van der Waals surface area contributed by atoms with E-state index in [1.54, 1.807) is 11.0 Å². The molecule has 0 saturated heterocycles. The second-order valence-electron chi connectivity index (χ2n) is 4.70. The van der Waals surface area contributed by atoms with Crippen LogP contribution in [0.5, 0.6) is 5.75 Å². The average molecular weight is 366 g/mol. The van der Waals surface area contributed by atoms with Gasteiger partial charge in [-0.15, -0.1) is 0 Å². The molecule has 0 bridgehead atoms. The van der Waals surface area contributed by atoms with Crippen LogP contribution in [0.4, 0.5) is 0 Å². The van der Waals surface area contributed by atoms with E-state index in [2.05, 4.69) is 5.32 Å². The number of fused-ring (bicyclic) bond motifs is 1. The Morgan fingerprint density at radius 2 is 1.95 bits per heavy atom. The first-order valence-electron chi connectivity index (χ1n) is 6.75. The topological polar surface area (TPSA) is 58.6 Å². The highest BCUT2D eigenvalue weighted by Crippen LogP contribution is 2.35. The standard InChI is InChI=1S/C14H15Cl3N2O3/c1-3-19(4-2)12(21)8-5-6-10-9(7-8)11(20)18-13(22-10)14(15,16)17/h5-7,13H,3-4H2,1-2H3,(H,18,20). The fourth-order valence-electron chi connectivity index (χ4n) is 2.14. The first-order valence-corrected chi connectivity index (χ1v) is 7.88. The molecule has 2 rings (SSSR count). The summed E-state index contributed by atoms with van der Waals surface area (Å²) in [6.45, 7) is 4.96. The van der Waals surface area contributed by atoms with Crippen LogP contribution in [-0.2, 0) is 0 Å². The predicted octanol–water partition coefficient (Wildman–Crippen LogP) is 2.99. The highest BCUT2D eigenvalue weighted by atomic mass is 35.6. The maximum atomic E-state index is 12.3. The highest BCUT2D eigenvalue weighted by Gasteiger charge is 2.40. The van der Waals surface area contributed by atoms with E-state index < -0.39 is 15.9 Å². The Bertz CT molecular complexity index is 597. The first kappa shape index (κ1) is 17.2. The van der Waals surface area contributed by atoms with Crippen molar-refractivity contribution < 1.29 is 14.3 Å². The van der Waals surface area contributed by atoms with Gasteiger partial charge in [-0.05, 0) is 32.0 Å². The zero-order valence-corrected chi connectivity index (χ0v) is 14.3. The fourth-order valence-corrected chi connectivity index (χ4v) is 2.44. The van der Waals surface area contributed by atoms with Crippen molar-refractivity contribution in [2.24, 2.45) is 0 Å². The summed E-state index contributed by atoms with van der Waals surface area (Å²) in [4.78, 5) is 26.1. The van der Waals surface area contributed by atoms with Gasteiger partial charge < -0.3 is 15.0 Å². The molecule has 1 N–H and O–H groups in total. The second-order valence-corrected chi connectivity index (χ2v) is 7.07. The average Bonchev–Trinajstić information content (AvgIpc) is 2.47. The Kier molecular flexibility index (Phi) is 5.10. The van der Waals surface area contributed by atoms with Crippen LogP contribution in [0.2, 0.25) is 0 Å². The molecule has 1 aliphatic rings. The molecule has 2 amide bonds. The Labute approximate surface area is 143 Å². The molecular weight excluding hydrogens is 351 g/mol. The molecule has 0 aromatic heterocycles. The third kappa shape index (κ3) is 3.42. The Morgan fingerprint density at radius 1 is 1.32 bits per heavy atom. The van der Waals surface area contributed by atoms with E-state index in [0.29, 0.717) is 18.7 Å². The van der Waals surface area contributed by atoms with Gasteiger partial charge in [0.2, 0.25) is 10.0 Å². The summed E-state index contributed by atoms with van der Waals surface area (Å²) in [7, 11) is 0. The van der Waals surface area contributed by atoms with Crippen molar-refractivity contribution >= 4 is 46.6 Å². The lowest BCUT2D eigenvalue weighted by Crippen LogP contribution is -2.51. The van der Waals surface area contributed by atoms with Crippen LogP contribution in [0.25, 0.3) is 0 Å². The minimum absolute atomic E-state index is 0.149. The second kappa shape index (κ2) is 6.52. The highest BCUT2D eigenvalue weighted by molar-refractivity contribution is 6.68. The van der Waals surface area contributed by atoms with Crippen molar-refractivity contribution in [1.29, 1.82) is 0 Å². The van der Waals surface area contributed by atoms with Crippen molar-refractivity contribution in [3.63, 3.8) is 0 Å². The van der Waals surface area contributed by atoms with Crippen LogP contribution >= 0.6 is 34.8 Å². The fraction of sp³-hybridized carbons (Fsp3) is 0.429. The molecule has 1 atom stereocenters. The van der Waals surface area contributed by atoms with Gasteiger partial charge in [0.15, 0.2) is 0 Å².